The number of methoxy groups -OCH3 is 1. The van der Waals surface area contributed by atoms with Crippen molar-refractivity contribution >= 4 is 17.7 Å². The van der Waals surface area contributed by atoms with Gasteiger partial charge in [0.2, 0.25) is 5.91 Å². The minimum atomic E-state index is 0.0568. The van der Waals surface area contributed by atoms with Gasteiger partial charge in [0.25, 0.3) is 0 Å². The highest BCUT2D eigenvalue weighted by Crippen LogP contribution is 2.28. The summed E-state index contributed by atoms with van der Waals surface area (Å²) >= 11 is 0. The average molecular weight is 418 g/mol. The third-order valence-electron chi connectivity index (χ3n) is 5.54. The van der Waals surface area contributed by atoms with Crippen LogP contribution in [-0.4, -0.2) is 39.0 Å². The van der Waals surface area contributed by atoms with Crippen molar-refractivity contribution in [3.05, 3.63) is 71.1 Å². The number of ether oxygens (including phenoxy) is 1. The molecule has 1 aliphatic heterocycles. The molecule has 1 aliphatic rings. The lowest BCUT2D eigenvalue weighted by molar-refractivity contribution is -0.129. The highest BCUT2D eigenvalue weighted by molar-refractivity contribution is 5.98. The van der Waals surface area contributed by atoms with Crippen molar-refractivity contribution in [1.82, 2.24) is 19.4 Å². The maximum absolute atomic E-state index is 13.1. The number of nitrogens with zero attached hydrogens (tertiary/aromatic N) is 4. The molecule has 1 fully saturated rings. The maximum Gasteiger partial charge on any atom is 0.250 e. The number of hydrogen-bond acceptors (Lipinski definition) is 5. The van der Waals surface area contributed by atoms with Crippen LogP contribution in [0.15, 0.2) is 48.6 Å². The van der Waals surface area contributed by atoms with E-state index in [-0.39, 0.29) is 5.91 Å². The zero-order valence-electron chi connectivity index (χ0n) is 18.1. The molecule has 160 valence electrons. The van der Waals surface area contributed by atoms with E-state index >= 15 is 0 Å². The van der Waals surface area contributed by atoms with Crippen LogP contribution in [0.25, 0.3) is 11.8 Å². The normalized spacial score (nSPS) is 15.5. The molecule has 2 aromatic heterocycles. The third-order valence-corrected chi connectivity index (χ3v) is 5.54. The number of aryl methyl sites for hydroxylation is 2. The standard InChI is InChI=1S/C24H27N5O2/c1-16-13-29(15-27-16)22-7-6-18(10-23(22)31-3)9-19-5-4-8-28(24(19)30)14-20-11-21(25)12-26-17(20)2/h6-7,9-13,15H,4-5,8,14,25H2,1-3H3/b19-9+. The molecule has 0 radical (unpaired) electrons. The molecule has 0 spiro atoms. The van der Waals surface area contributed by atoms with Crippen molar-refractivity contribution in [3.8, 4) is 11.4 Å². The summed E-state index contributed by atoms with van der Waals surface area (Å²) in [5.74, 6) is 0.787. The van der Waals surface area contributed by atoms with Gasteiger partial charge in [-0.2, -0.15) is 0 Å². The molecule has 0 saturated carbocycles. The number of carbonyl (C=O) groups is 1. The van der Waals surface area contributed by atoms with Gasteiger partial charge >= 0.3 is 0 Å². The summed E-state index contributed by atoms with van der Waals surface area (Å²) in [5, 5.41) is 0. The molecule has 31 heavy (non-hydrogen) atoms. The first-order valence-electron chi connectivity index (χ1n) is 10.3. The Hall–Kier alpha value is -3.61. The van der Waals surface area contributed by atoms with E-state index in [1.54, 1.807) is 19.6 Å². The molecule has 2 N–H and O–H groups in total. The fourth-order valence-electron chi connectivity index (χ4n) is 3.87. The fourth-order valence-corrected chi connectivity index (χ4v) is 3.87. The highest BCUT2D eigenvalue weighted by Gasteiger charge is 2.24. The van der Waals surface area contributed by atoms with E-state index in [4.69, 9.17) is 10.5 Å². The Labute approximate surface area is 182 Å². The van der Waals surface area contributed by atoms with Crippen LogP contribution in [0.5, 0.6) is 5.75 Å². The number of rotatable bonds is 5. The number of aromatic nitrogens is 3. The van der Waals surface area contributed by atoms with E-state index in [1.807, 2.05) is 59.9 Å². The Balaban J connectivity index is 1.58. The van der Waals surface area contributed by atoms with Crippen molar-refractivity contribution in [2.24, 2.45) is 0 Å². The zero-order chi connectivity index (χ0) is 22.0. The van der Waals surface area contributed by atoms with Gasteiger partial charge in [0, 0.05) is 30.6 Å². The summed E-state index contributed by atoms with van der Waals surface area (Å²) in [6.07, 6.45) is 9.01. The van der Waals surface area contributed by atoms with E-state index in [1.165, 1.54) is 0 Å². The number of nitrogens with two attached hydrogens (primary N) is 1. The summed E-state index contributed by atoms with van der Waals surface area (Å²) in [6, 6.07) is 7.84. The van der Waals surface area contributed by atoms with Gasteiger partial charge in [-0.15, -0.1) is 0 Å². The van der Waals surface area contributed by atoms with Gasteiger partial charge in [-0.25, -0.2) is 4.98 Å². The Morgan fingerprint density at radius 3 is 2.81 bits per heavy atom. The third kappa shape index (κ3) is 4.45. The van der Waals surface area contributed by atoms with Crippen LogP contribution in [0, 0.1) is 13.8 Å². The van der Waals surface area contributed by atoms with Gasteiger partial charge in [0.05, 0.1) is 36.7 Å². The van der Waals surface area contributed by atoms with Crippen LogP contribution in [0.3, 0.4) is 0 Å². The lowest BCUT2D eigenvalue weighted by Gasteiger charge is -2.29. The van der Waals surface area contributed by atoms with Gasteiger partial charge in [-0.3, -0.25) is 9.78 Å². The topological polar surface area (TPSA) is 86.3 Å². The predicted molar refractivity (Wildman–Crippen MR) is 121 cm³/mol. The number of amides is 1. The molecule has 4 rings (SSSR count). The first kappa shape index (κ1) is 20.7. The second-order valence-corrected chi connectivity index (χ2v) is 7.87. The second kappa shape index (κ2) is 8.63. The number of carbonyl (C=O) groups excluding carboxylic acids is 1. The summed E-state index contributed by atoms with van der Waals surface area (Å²) in [5.41, 5.74) is 12.0. The Bertz CT molecular complexity index is 1150. The van der Waals surface area contributed by atoms with E-state index in [9.17, 15) is 4.79 Å². The Kier molecular flexibility index (Phi) is 5.75. The lowest BCUT2D eigenvalue weighted by Crippen LogP contribution is -2.36. The monoisotopic (exact) mass is 417 g/mol. The summed E-state index contributed by atoms with van der Waals surface area (Å²) in [6.45, 7) is 5.13. The zero-order valence-corrected chi connectivity index (χ0v) is 18.1. The minimum Gasteiger partial charge on any atom is -0.495 e. The number of imidazole rings is 1. The van der Waals surface area contributed by atoms with Gasteiger partial charge in [0.15, 0.2) is 0 Å². The van der Waals surface area contributed by atoms with Crippen LogP contribution in [0.2, 0.25) is 0 Å². The SMILES string of the molecule is COc1cc(/C=C2\CCCN(Cc3cc(N)cnc3C)C2=O)ccc1-n1cnc(C)c1. The largest absolute Gasteiger partial charge is 0.495 e. The predicted octanol–water partition coefficient (Wildman–Crippen LogP) is 3.68. The number of piperidine rings is 1. The first-order valence-corrected chi connectivity index (χ1v) is 10.3. The highest BCUT2D eigenvalue weighted by atomic mass is 16.5. The molecular weight excluding hydrogens is 390 g/mol. The average Bonchev–Trinajstić information content (AvgIpc) is 3.19. The first-order chi connectivity index (χ1) is 14.9. The minimum absolute atomic E-state index is 0.0568. The number of benzene rings is 1. The van der Waals surface area contributed by atoms with Crippen LogP contribution in [0.1, 0.15) is 35.4 Å². The summed E-state index contributed by atoms with van der Waals surface area (Å²) in [4.78, 5) is 23.6. The van der Waals surface area contributed by atoms with Gasteiger partial charge < -0.3 is 19.9 Å². The molecule has 0 atom stereocenters. The van der Waals surface area contributed by atoms with Gasteiger partial charge in [0.1, 0.15) is 5.75 Å². The van der Waals surface area contributed by atoms with Crippen LogP contribution in [-0.2, 0) is 11.3 Å². The summed E-state index contributed by atoms with van der Waals surface area (Å²) < 4.78 is 7.53. The molecule has 0 bridgehead atoms. The van der Waals surface area contributed by atoms with Gasteiger partial charge in [-0.1, -0.05) is 6.07 Å². The van der Waals surface area contributed by atoms with Crippen LogP contribution < -0.4 is 10.5 Å². The fraction of sp³-hybridized carbons (Fsp3) is 0.292. The number of anilines is 1. The smallest absolute Gasteiger partial charge is 0.250 e. The Morgan fingerprint density at radius 1 is 1.23 bits per heavy atom. The van der Waals surface area contributed by atoms with Gasteiger partial charge in [-0.05, 0) is 62.1 Å². The summed E-state index contributed by atoms with van der Waals surface area (Å²) in [7, 11) is 1.65. The number of hydrogen-bond donors (Lipinski definition) is 1. The molecule has 1 aromatic carbocycles. The van der Waals surface area contributed by atoms with E-state index in [2.05, 4.69) is 9.97 Å². The molecule has 3 aromatic rings. The molecule has 7 heteroatoms. The number of nitrogen functional groups attached to an aromatic ring is 1. The van der Waals surface area contributed by atoms with Crippen LogP contribution >= 0.6 is 0 Å². The van der Waals surface area contributed by atoms with E-state index in [0.29, 0.717) is 12.2 Å². The quantitative estimate of drug-likeness (QED) is 0.640. The van der Waals surface area contributed by atoms with Crippen molar-refractivity contribution in [2.45, 2.75) is 33.2 Å². The lowest BCUT2D eigenvalue weighted by atomic mass is 9.99. The van der Waals surface area contributed by atoms with Crippen molar-refractivity contribution in [3.63, 3.8) is 0 Å². The molecule has 1 saturated heterocycles. The van der Waals surface area contributed by atoms with E-state index < -0.39 is 0 Å². The molecule has 7 nitrogen and oxygen atoms in total. The molecular formula is C24H27N5O2. The molecule has 0 unspecified atom stereocenters. The number of likely N-dealkylation sites (tertiary alicyclic amines) is 1. The molecule has 3 heterocycles. The van der Waals surface area contributed by atoms with E-state index in [0.717, 1.165) is 58.9 Å². The van der Waals surface area contributed by atoms with Crippen molar-refractivity contribution in [1.29, 1.82) is 0 Å². The van der Waals surface area contributed by atoms with Crippen LogP contribution in [0.4, 0.5) is 5.69 Å². The number of pyridine rings is 1. The van der Waals surface area contributed by atoms with Crippen molar-refractivity contribution in [2.75, 3.05) is 19.4 Å². The molecule has 1 amide bonds. The van der Waals surface area contributed by atoms with Crippen molar-refractivity contribution < 1.29 is 9.53 Å². The Morgan fingerprint density at radius 2 is 2.06 bits per heavy atom. The maximum atomic E-state index is 13.1. The second-order valence-electron chi connectivity index (χ2n) is 7.87. The molecule has 0 aliphatic carbocycles.